The van der Waals surface area contributed by atoms with E-state index in [0.29, 0.717) is 19.5 Å². The number of unbranched alkanes of at least 4 members (excludes halogenated alkanes) is 1. The van der Waals surface area contributed by atoms with Gasteiger partial charge in [0.05, 0.1) is 0 Å². The van der Waals surface area contributed by atoms with Gasteiger partial charge < -0.3 is 10.2 Å². The van der Waals surface area contributed by atoms with Gasteiger partial charge in [-0.3, -0.25) is 9.59 Å². The zero-order valence-corrected chi connectivity index (χ0v) is 13.5. The van der Waals surface area contributed by atoms with E-state index < -0.39 is 0 Å². The van der Waals surface area contributed by atoms with Crippen molar-refractivity contribution in [2.75, 3.05) is 18.0 Å². The first kappa shape index (κ1) is 17.2. The van der Waals surface area contributed by atoms with E-state index in [1.54, 1.807) is 4.90 Å². The highest BCUT2D eigenvalue weighted by molar-refractivity contribution is 5.92. The van der Waals surface area contributed by atoms with Gasteiger partial charge in [0.1, 0.15) is 0 Å². The number of nitrogens with one attached hydrogen (secondary N) is 1. The number of carbonyl (C=O) groups excluding carboxylic acids is 2. The minimum atomic E-state index is -0.0420. The Hall–Kier alpha value is -1.84. The van der Waals surface area contributed by atoms with Crippen LogP contribution in [0.4, 0.5) is 5.69 Å². The van der Waals surface area contributed by atoms with Crippen LogP contribution in [-0.2, 0) is 9.59 Å². The highest BCUT2D eigenvalue weighted by Crippen LogP contribution is 2.19. The van der Waals surface area contributed by atoms with E-state index in [4.69, 9.17) is 0 Å². The molecule has 0 aliphatic rings. The van der Waals surface area contributed by atoms with Gasteiger partial charge in [-0.25, -0.2) is 0 Å². The van der Waals surface area contributed by atoms with Crippen molar-refractivity contribution in [2.45, 2.75) is 47.0 Å². The molecular weight excluding hydrogens is 264 g/mol. The van der Waals surface area contributed by atoms with Gasteiger partial charge in [-0.2, -0.15) is 0 Å². The molecule has 0 saturated carbocycles. The molecule has 0 bridgehead atoms. The summed E-state index contributed by atoms with van der Waals surface area (Å²) in [6.07, 6.45) is 2.37. The quantitative estimate of drug-likeness (QED) is 0.785. The lowest BCUT2D eigenvalue weighted by Crippen LogP contribution is -2.34. The molecule has 4 heteroatoms. The largest absolute Gasteiger partial charge is 0.356 e. The lowest BCUT2D eigenvalue weighted by molar-refractivity contribution is -0.121. The molecule has 116 valence electrons. The average molecular weight is 290 g/mol. The van der Waals surface area contributed by atoms with Gasteiger partial charge in [-0.1, -0.05) is 19.4 Å². The number of benzene rings is 1. The molecule has 1 N–H and O–H groups in total. The molecule has 0 fully saturated rings. The monoisotopic (exact) mass is 290 g/mol. The minimum Gasteiger partial charge on any atom is -0.356 e. The number of hydrogen-bond donors (Lipinski definition) is 1. The van der Waals surface area contributed by atoms with Gasteiger partial charge >= 0.3 is 0 Å². The molecule has 0 aliphatic carbocycles. The Bertz CT molecular complexity index is 498. The fraction of sp³-hybridized carbons (Fsp3) is 0.529. The Labute approximate surface area is 127 Å². The standard InChI is InChI=1S/C17H26N2O2/c1-5-6-10-18-17(21)9-11-19(15(4)20)16-8-7-13(2)14(3)12-16/h7-8,12H,5-6,9-11H2,1-4H3,(H,18,21). The third-order valence-electron chi connectivity index (χ3n) is 3.60. The number of amides is 2. The topological polar surface area (TPSA) is 49.4 Å². The summed E-state index contributed by atoms with van der Waals surface area (Å²) in [7, 11) is 0. The zero-order chi connectivity index (χ0) is 15.8. The van der Waals surface area contributed by atoms with Crippen LogP contribution in [0.15, 0.2) is 18.2 Å². The summed E-state index contributed by atoms with van der Waals surface area (Å²) in [5.74, 6) is -0.0434. The molecule has 0 saturated heterocycles. The van der Waals surface area contributed by atoms with Crippen molar-refractivity contribution in [1.82, 2.24) is 5.32 Å². The molecule has 4 nitrogen and oxygen atoms in total. The van der Waals surface area contributed by atoms with Gasteiger partial charge in [-0.05, 0) is 43.5 Å². The normalized spacial score (nSPS) is 10.3. The first-order valence-electron chi connectivity index (χ1n) is 7.57. The highest BCUT2D eigenvalue weighted by Gasteiger charge is 2.13. The summed E-state index contributed by atoms with van der Waals surface area (Å²) in [5.41, 5.74) is 3.19. The van der Waals surface area contributed by atoms with Crippen molar-refractivity contribution < 1.29 is 9.59 Å². The van der Waals surface area contributed by atoms with Crippen molar-refractivity contribution >= 4 is 17.5 Å². The number of nitrogens with zero attached hydrogens (tertiary/aromatic N) is 1. The van der Waals surface area contributed by atoms with Gasteiger partial charge in [-0.15, -0.1) is 0 Å². The number of aryl methyl sites for hydroxylation is 2. The fourth-order valence-corrected chi connectivity index (χ4v) is 2.07. The first-order chi connectivity index (χ1) is 9.95. The van der Waals surface area contributed by atoms with Crippen molar-refractivity contribution in [1.29, 1.82) is 0 Å². The predicted octanol–water partition coefficient (Wildman–Crippen LogP) is 2.96. The maximum absolute atomic E-state index is 11.8. The summed E-state index contributed by atoms with van der Waals surface area (Å²) in [5, 5.41) is 2.87. The molecular formula is C17H26N2O2. The third-order valence-corrected chi connectivity index (χ3v) is 3.60. The Kier molecular flexibility index (Phi) is 6.92. The van der Waals surface area contributed by atoms with Crippen LogP contribution in [0.5, 0.6) is 0 Å². The Morgan fingerprint density at radius 3 is 2.48 bits per heavy atom. The van der Waals surface area contributed by atoms with E-state index in [0.717, 1.165) is 24.1 Å². The molecule has 0 aliphatic heterocycles. The molecule has 21 heavy (non-hydrogen) atoms. The maximum atomic E-state index is 11.8. The lowest BCUT2D eigenvalue weighted by atomic mass is 10.1. The second-order valence-corrected chi connectivity index (χ2v) is 5.39. The molecule has 1 aromatic rings. The lowest BCUT2D eigenvalue weighted by Gasteiger charge is -2.22. The van der Waals surface area contributed by atoms with E-state index in [1.165, 1.54) is 12.5 Å². The number of hydrogen-bond acceptors (Lipinski definition) is 2. The van der Waals surface area contributed by atoms with Crippen molar-refractivity contribution in [3.05, 3.63) is 29.3 Å². The number of rotatable bonds is 7. The molecule has 0 aromatic heterocycles. The Morgan fingerprint density at radius 2 is 1.90 bits per heavy atom. The van der Waals surface area contributed by atoms with Crippen LogP contribution >= 0.6 is 0 Å². The van der Waals surface area contributed by atoms with Crippen LogP contribution in [0.3, 0.4) is 0 Å². The van der Waals surface area contributed by atoms with E-state index in [2.05, 4.69) is 12.2 Å². The molecule has 0 heterocycles. The molecule has 0 radical (unpaired) electrons. The van der Waals surface area contributed by atoms with E-state index in [-0.39, 0.29) is 11.8 Å². The second kappa shape index (κ2) is 8.45. The summed E-state index contributed by atoms with van der Waals surface area (Å²) in [4.78, 5) is 25.2. The van der Waals surface area contributed by atoms with Gasteiger partial charge in [0.2, 0.25) is 11.8 Å². The molecule has 0 atom stereocenters. The van der Waals surface area contributed by atoms with Crippen LogP contribution in [0.1, 0.15) is 44.2 Å². The number of anilines is 1. The second-order valence-electron chi connectivity index (χ2n) is 5.39. The summed E-state index contributed by atoms with van der Waals surface area (Å²) < 4.78 is 0. The van der Waals surface area contributed by atoms with Crippen LogP contribution in [0.25, 0.3) is 0 Å². The summed E-state index contributed by atoms with van der Waals surface area (Å²) in [6, 6.07) is 5.92. The van der Waals surface area contributed by atoms with Crippen LogP contribution < -0.4 is 10.2 Å². The minimum absolute atomic E-state index is 0.00136. The Morgan fingerprint density at radius 1 is 1.19 bits per heavy atom. The van der Waals surface area contributed by atoms with Gasteiger partial charge in [0.15, 0.2) is 0 Å². The summed E-state index contributed by atoms with van der Waals surface area (Å²) >= 11 is 0. The smallest absolute Gasteiger partial charge is 0.223 e. The third kappa shape index (κ3) is 5.58. The van der Waals surface area contributed by atoms with Crippen LogP contribution in [0, 0.1) is 13.8 Å². The molecule has 1 aromatic carbocycles. The van der Waals surface area contributed by atoms with Crippen molar-refractivity contribution in [2.24, 2.45) is 0 Å². The highest BCUT2D eigenvalue weighted by atomic mass is 16.2. The molecule has 1 rings (SSSR count). The van der Waals surface area contributed by atoms with Crippen molar-refractivity contribution in [3.8, 4) is 0 Å². The number of carbonyl (C=O) groups is 2. The zero-order valence-electron chi connectivity index (χ0n) is 13.5. The van der Waals surface area contributed by atoms with E-state index in [1.807, 2.05) is 32.0 Å². The summed E-state index contributed by atoms with van der Waals surface area (Å²) in [6.45, 7) is 8.80. The SMILES string of the molecule is CCCCNC(=O)CCN(C(C)=O)c1ccc(C)c(C)c1. The predicted molar refractivity (Wildman–Crippen MR) is 86.5 cm³/mol. The maximum Gasteiger partial charge on any atom is 0.223 e. The average Bonchev–Trinajstić information content (AvgIpc) is 2.43. The molecule has 0 unspecified atom stereocenters. The molecule has 0 spiro atoms. The van der Waals surface area contributed by atoms with Gasteiger partial charge in [0.25, 0.3) is 0 Å². The Balaban J connectivity index is 2.64. The first-order valence-corrected chi connectivity index (χ1v) is 7.57. The van der Waals surface area contributed by atoms with Gasteiger partial charge in [0, 0.05) is 32.1 Å². The van der Waals surface area contributed by atoms with Crippen LogP contribution in [-0.4, -0.2) is 24.9 Å². The van der Waals surface area contributed by atoms with Crippen molar-refractivity contribution in [3.63, 3.8) is 0 Å². The van der Waals surface area contributed by atoms with E-state index in [9.17, 15) is 9.59 Å². The van der Waals surface area contributed by atoms with E-state index >= 15 is 0 Å². The van der Waals surface area contributed by atoms with Crippen LogP contribution in [0.2, 0.25) is 0 Å². The molecule has 2 amide bonds. The fourth-order valence-electron chi connectivity index (χ4n) is 2.07.